The van der Waals surface area contributed by atoms with E-state index in [4.69, 9.17) is 10.8 Å². The van der Waals surface area contributed by atoms with Crippen LogP contribution in [-0.2, 0) is 0 Å². The second-order valence-corrected chi connectivity index (χ2v) is 3.21. The molecule has 1 aromatic carbocycles. The third-order valence-electron chi connectivity index (χ3n) is 2.17. The van der Waals surface area contributed by atoms with Crippen molar-refractivity contribution in [3.63, 3.8) is 0 Å². The van der Waals surface area contributed by atoms with E-state index in [-0.39, 0.29) is 17.0 Å². The van der Waals surface area contributed by atoms with Crippen LogP contribution in [0.4, 0.5) is 0 Å². The van der Waals surface area contributed by atoms with Gasteiger partial charge in [-0.05, 0) is 12.1 Å². The third-order valence-corrected chi connectivity index (χ3v) is 2.17. The number of nitrogens with two attached hydrogens (primary N) is 1. The van der Waals surface area contributed by atoms with Crippen molar-refractivity contribution in [1.82, 2.24) is 15.4 Å². The molecule has 2 rings (SSSR count). The number of primary amides is 1. The van der Waals surface area contributed by atoms with Gasteiger partial charge in [0.05, 0.1) is 5.56 Å². The summed E-state index contributed by atoms with van der Waals surface area (Å²) in [5, 5.41) is 37.5. The van der Waals surface area contributed by atoms with Crippen LogP contribution in [0.3, 0.4) is 0 Å². The molecule has 2 aromatic rings. The molecule has 0 bridgehead atoms. The molecule has 0 aliphatic rings. The quantitative estimate of drug-likeness (QED) is 0.452. The number of hydrogen-bond donors (Lipinski definition) is 5. The first-order valence-electron chi connectivity index (χ1n) is 4.47. The first kappa shape index (κ1) is 10.7. The molecule has 88 valence electrons. The van der Waals surface area contributed by atoms with Gasteiger partial charge in [0.2, 0.25) is 5.75 Å². The number of nitrogens with zero attached hydrogens (tertiary/aromatic N) is 2. The Kier molecular flexibility index (Phi) is 2.32. The number of phenolic OH excluding ortho intramolecular Hbond substituents is 3. The van der Waals surface area contributed by atoms with Gasteiger partial charge in [-0.2, -0.15) is 15.4 Å². The van der Waals surface area contributed by atoms with E-state index in [1.165, 1.54) is 6.07 Å². The lowest BCUT2D eigenvalue weighted by Crippen LogP contribution is -2.12. The number of aromatic hydroxyl groups is 3. The standard InChI is InChI=1S/C9H8N4O4/c10-9(17)6-5(11-13-12-6)3-1-2-4(14)8(16)7(3)15/h1-2,14-16H,(H2,10,17)(H,11,12,13). The topological polar surface area (TPSA) is 145 Å². The lowest BCUT2D eigenvalue weighted by molar-refractivity contribution is 0.0996. The minimum atomic E-state index is -0.833. The summed E-state index contributed by atoms with van der Waals surface area (Å²) in [5.74, 6) is -2.64. The van der Waals surface area contributed by atoms with Gasteiger partial charge in [0.1, 0.15) is 5.69 Å². The van der Waals surface area contributed by atoms with Crippen LogP contribution in [0.1, 0.15) is 10.5 Å². The molecule has 0 saturated carbocycles. The van der Waals surface area contributed by atoms with Gasteiger partial charge in [0.25, 0.3) is 5.91 Å². The highest BCUT2D eigenvalue weighted by atomic mass is 16.3. The second-order valence-electron chi connectivity index (χ2n) is 3.21. The molecule has 0 atom stereocenters. The molecule has 0 aliphatic heterocycles. The molecule has 8 nitrogen and oxygen atoms in total. The van der Waals surface area contributed by atoms with Crippen molar-refractivity contribution in [1.29, 1.82) is 0 Å². The lowest BCUT2D eigenvalue weighted by Gasteiger charge is -2.05. The number of nitrogens with one attached hydrogen (secondary N) is 1. The summed E-state index contributed by atoms with van der Waals surface area (Å²) in [6.07, 6.45) is 0. The van der Waals surface area contributed by atoms with E-state index in [0.717, 1.165) is 6.07 Å². The number of carbonyl (C=O) groups is 1. The maximum absolute atomic E-state index is 11.0. The number of phenols is 3. The van der Waals surface area contributed by atoms with Gasteiger partial charge >= 0.3 is 0 Å². The summed E-state index contributed by atoms with van der Waals surface area (Å²) in [4.78, 5) is 11.0. The highest BCUT2D eigenvalue weighted by Crippen LogP contribution is 2.41. The lowest BCUT2D eigenvalue weighted by atomic mass is 10.1. The number of H-pyrrole nitrogens is 1. The smallest absolute Gasteiger partial charge is 0.271 e. The average molecular weight is 236 g/mol. The Morgan fingerprint density at radius 1 is 1.18 bits per heavy atom. The number of aromatic nitrogens is 3. The fraction of sp³-hybridized carbons (Fsp3) is 0. The number of amides is 1. The molecule has 0 fully saturated rings. The predicted octanol–water partition coefficient (Wildman–Crippen LogP) is -0.313. The number of hydrogen-bond acceptors (Lipinski definition) is 6. The molecule has 1 amide bonds. The maximum atomic E-state index is 11.0. The van der Waals surface area contributed by atoms with Crippen molar-refractivity contribution in [2.24, 2.45) is 5.73 Å². The monoisotopic (exact) mass is 236 g/mol. The minimum absolute atomic E-state index is 0.00898. The molecule has 0 aliphatic carbocycles. The van der Waals surface area contributed by atoms with Gasteiger partial charge in [-0.1, -0.05) is 0 Å². The largest absolute Gasteiger partial charge is 0.504 e. The Balaban J connectivity index is 2.65. The van der Waals surface area contributed by atoms with Crippen LogP contribution in [0.5, 0.6) is 17.2 Å². The van der Waals surface area contributed by atoms with Gasteiger partial charge in [-0.3, -0.25) is 4.79 Å². The normalized spacial score (nSPS) is 10.4. The zero-order chi connectivity index (χ0) is 12.6. The van der Waals surface area contributed by atoms with Crippen LogP contribution in [0.15, 0.2) is 12.1 Å². The van der Waals surface area contributed by atoms with E-state index < -0.39 is 23.2 Å². The van der Waals surface area contributed by atoms with Crippen LogP contribution in [0.2, 0.25) is 0 Å². The summed E-state index contributed by atoms with van der Waals surface area (Å²) < 4.78 is 0. The molecule has 0 spiro atoms. The molecular formula is C9H8N4O4. The number of aromatic amines is 1. The summed E-state index contributed by atoms with van der Waals surface area (Å²) in [6.45, 7) is 0. The Morgan fingerprint density at radius 3 is 2.53 bits per heavy atom. The minimum Gasteiger partial charge on any atom is -0.504 e. The van der Waals surface area contributed by atoms with E-state index in [1.54, 1.807) is 0 Å². The molecule has 1 aromatic heterocycles. The van der Waals surface area contributed by atoms with E-state index in [2.05, 4.69) is 15.4 Å². The first-order valence-corrected chi connectivity index (χ1v) is 4.47. The SMILES string of the molecule is NC(=O)c1n[nH]nc1-c1ccc(O)c(O)c1O. The van der Waals surface area contributed by atoms with Gasteiger partial charge in [0.15, 0.2) is 17.2 Å². The molecule has 0 saturated heterocycles. The zero-order valence-corrected chi connectivity index (χ0v) is 8.38. The van der Waals surface area contributed by atoms with E-state index in [0.29, 0.717) is 0 Å². The highest BCUT2D eigenvalue weighted by molar-refractivity contribution is 5.97. The van der Waals surface area contributed by atoms with Crippen LogP contribution >= 0.6 is 0 Å². The highest BCUT2D eigenvalue weighted by Gasteiger charge is 2.20. The summed E-state index contributed by atoms with van der Waals surface area (Å²) in [5.41, 5.74) is 4.91. The summed E-state index contributed by atoms with van der Waals surface area (Å²) in [7, 11) is 0. The van der Waals surface area contributed by atoms with E-state index in [1.807, 2.05) is 0 Å². The van der Waals surface area contributed by atoms with Crippen LogP contribution in [0.25, 0.3) is 11.3 Å². The van der Waals surface area contributed by atoms with Gasteiger partial charge in [0, 0.05) is 0 Å². The Morgan fingerprint density at radius 2 is 1.88 bits per heavy atom. The maximum Gasteiger partial charge on any atom is 0.271 e. The van der Waals surface area contributed by atoms with Gasteiger partial charge < -0.3 is 21.1 Å². The average Bonchev–Trinajstić information content (AvgIpc) is 2.75. The first-order chi connectivity index (χ1) is 8.02. The predicted molar refractivity (Wildman–Crippen MR) is 55.3 cm³/mol. The summed E-state index contributed by atoms with van der Waals surface area (Å²) >= 11 is 0. The Labute approximate surface area is 94.3 Å². The molecule has 1 heterocycles. The molecular weight excluding hydrogens is 228 g/mol. The molecule has 6 N–H and O–H groups in total. The fourth-order valence-corrected chi connectivity index (χ4v) is 1.35. The van der Waals surface area contributed by atoms with Crippen molar-refractivity contribution in [2.45, 2.75) is 0 Å². The van der Waals surface area contributed by atoms with Crippen molar-refractivity contribution in [2.75, 3.05) is 0 Å². The molecule has 0 unspecified atom stereocenters. The van der Waals surface area contributed by atoms with Crippen molar-refractivity contribution in [3.8, 4) is 28.5 Å². The number of carbonyl (C=O) groups excluding carboxylic acids is 1. The van der Waals surface area contributed by atoms with Crippen LogP contribution < -0.4 is 5.73 Å². The van der Waals surface area contributed by atoms with Crippen LogP contribution in [-0.4, -0.2) is 36.6 Å². The van der Waals surface area contributed by atoms with Gasteiger partial charge in [-0.15, -0.1) is 0 Å². The van der Waals surface area contributed by atoms with E-state index in [9.17, 15) is 15.0 Å². The van der Waals surface area contributed by atoms with Crippen LogP contribution in [0, 0.1) is 0 Å². The third kappa shape index (κ3) is 1.61. The number of rotatable bonds is 2. The zero-order valence-electron chi connectivity index (χ0n) is 8.38. The Hall–Kier alpha value is -2.77. The van der Waals surface area contributed by atoms with Crippen molar-refractivity contribution >= 4 is 5.91 Å². The van der Waals surface area contributed by atoms with Gasteiger partial charge in [-0.25, -0.2) is 0 Å². The van der Waals surface area contributed by atoms with Crippen molar-refractivity contribution in [3.05, 3.63) is 17.8 Å². The van der Waals surface area contributed by atoms with E-state index >= 15 is 0 Å². The molecule has 17 heavy (non-hydrogen) atoms. The molecule has 0 radical (unpaired) electrons. The second kappa shape index (κ2) is 3.67. The fourth-order valence-electron chi connectivity index (χ4n) is 1.35. The summed E-state index contributed by atoms with van der Waals surface area (Å²) in [6, 6.07) is 2.42. The number of benzene rings is 1. The Bertz CT molecular complexity index is 593. The van der Waals surface area contributed by atoms with Crippen molar-refractivity contribution < 1.29 is 20.1 Å². The molecule has 8 heteroatoms.